The van der Waals surface area contributed by atoms with E-state index in [1.807, 2.05) is 13.1 Å². The molecule has 3 nitrogen and oxygen atoms in total. The van der Waals surface area contributed by atoms with Crippen molar-refractivity contribution in [2.45, 2.75) is 25.8 Å². The minimum atomic E-state index is 0.693. The zero-order valence-corrected chi connectivity index (χ0v) is 9.82. The van der Waals surface area contributed by atoms with E-state index in [4.69, 9.17) is 0 Å². The van der Waals surface area contributed by atoms with Gasteiger partial charge in [-0.3, -0.25) is 4.98 Å². The summed E-state index contributed by atoms with van der Waals surface area (Å²) in [7, 11) is 0. The van der Waals surface area contributed by atoms with Gasteiger partial charge in [-0.25, -0.2) is 0 Å². The number of hydrogen-bond acceptors (Lipinski definition) is 3. The van der Waals surface area contributed by atoms with Crippen molar-refractivity contribution in [2.75, 3.05) is 24.5 Å². The Morgan fingerprint density at radius 1 is 1.38 bits per heavy atom. The topological polar surface area (TPSA) is 28.2 Å². The molecule has 16 heavy (non-hydrogen) atoms. The lowest BCUT2D eigenvalue weighted by Crippen LogP contribution is -2.45. The number of piperidine rings is 1. The summed E-state index contributed by atoms with van der Waals surface area (Å²) >= 11 is 0. The molecule has 3 rings (SSSR count). The monoisotopic (exact) mass is 217 g/mol. The van der Waals surface area contributed by atoms with E-state index >= 15 is 0 Å². The van der Waals surface area contributed by atoms with Crippen LogP contribution in [0.15, 0.2) is 18.3 Å². The fourth-order valence-corrected chi connectivity index (χ4v) is 3.02. The van der Waals surface area contributed by atoms with E-state index in [0.29, 0.717) is 6.04 Å². The van der Waals surface area contributed by atoms with Crippen LogP contribution >= 0.6 is 0 Å². The first kappa shape index (κ1) is 10.1. The van der Waals surface area contributed by atoms with Crippen molar-refractivity contribution >= 4 is 5.69 Å². The Balaban J connectivity index is 1.85. The predicted octanol–water partition coefficient (Wildman–Crippen LogP) is 1.58. The number of aromatic nitrogens is 1. The van der Waals surface area contributed by atoms with Crippen LogP contribution in [0.3, 0.4) is 0 Å². The van der Waals surface area contributed by atoms with Crippen LogP contribution in [0.2, 0.25) is 0 Å². The molecule has 0 aromatic carbocycles. The third-order valence-electron chi connectivity index (χ3n) is 3.91. The number of nitrogens with one attached hydrogen (secondary N) is 1. The Kier molecular flexibility index (Phi) is 2.56. The van der Waals surface area contributed by atoms with Crippen molar-refractivity contribution in [3.8, 4) is 0 Å². The second-order valence-corrected chi connectivity index (χ2v) is 4.98. The minimum Gasteiger partial charge on any atom is -0.366 e. The maximum Gasteiger partial charge on any atom is 0.0556 e. The molecule has 1 aromatic heterocycles. The van der Waals surface area contributed by atoms with E-state index in [9.17, 15) is 0 Å². The summed E-state index contributed by atoms with van der Waals surface area (Å²) in [6.07, 6.45) is 4.72. The molecule has 0 saturated carbocycles. The van der Waals surface area contributed by atoms with Gasteiger partial charge in [-0.05, 0) is 37.8 Å². The number of aryl methyl sites for hydroxylation is 1. The van der Waals surface area contributed by atoms with Gasteiger partial charge in [0.1, 0.15) is 0 Å². The third-order valence-corrected chi connectivity index (χ3v) is 3.91. The fourth-order valence-electron chi connectivity index (χ4n) is 3.02. The lowest BCUT2D eigenvalue weighted by atomic mass is 9.92. The number of anilines is 1. The smallest absolute Gasteiger partial charge is 0.0556 e. The van der Waals surface area contributed by atoms with Crippen molar-refractivity contribution in [3.63, 3.8) is 0 Å². The highest BCUT2D eigenvalue weighted by molar-refractivity contribution is 5.46. The van der Waals surface area contributed by atoms with Crippen molar-refractivity contribution in [1.82, 2.24) is 10.3 Å². The first-order chi connectivity index (χ1) is 7.84. The molecule has 86 valence electrons. The lowest BCUT2D eigenvalue weighted by molar-refractivity contribution is 0.385. The molecule has 0 radical (unpaired) electrons. The van der Waals surface area contributed by atoms with Gasteiger partial charge in [-0.1, -0.05) is 0 Å². The fraction of sp³-hybridized carbons (Fsp3) is 0.615. The van der Waals surface area contributed by atoms with Gasteiger partial charge in [0, 0.05) is 31.4 Å². The Morgan fingerprint density at radius 2 is 2.31 bits per heavy atom. The van der Waals surface area contributed by atoms with Gasteiger partial charge in [-0.15, -0.1) is 0 Å². The normalized spacial score (nSPS) is 29.2. The van der Waals surface area contributed by atoms with E-state index in [-0.39, 0.29) is 0 Å². The van der Waals surface area contributed by atoms with Crippen LogP contribution in [0, 0.1) is 12.8 Å². The average Bonchev–Trinajstić information content (AvgIpc) is 2.78. The van der Waals surface area contributed by atoms with Crippen LogP contribution in [-0.2, 0) is 0 Å². The van der Waals surface area contributed by atoms with Gasteiger partial charge < -0.3 is 10.2 Å². The van der Waals surface area contributed by atoms with E-state index in [2.05, 4.69) is 27.3 Å². The van der Waals surface area contributed by atoms with Crippen LogP contribution in [0.5, 0.6) is 0 Å². The molecule has 1 aromatic rings. The highest BCUT2D eigenvalue weighted by atomic mass is 15.2. The summed E-state index contributed by atoms with van der Waals surface area (Å²) < 4.78 is 0. The van der Waals surface area contributed by atoms with E-state index < -0.39 is 0 Å². The minimum absolute atomic E-state index is 0.693. The first-order valence-electron chi connectivity index (χ1n) is 6.24. The molecule has 2 aliphatic heterocycles. The van der Waals surface area contributed by atoms with Crippen molar-refractivity contribution in [1.29, 1.82) is 0 Å². The molecule has 0 bridgehead atoms. The van der Waals surface area contributed by atoms with Crippen LogP contribution in [0.25, 0.3) is 0 Å². The van der Waals surface area contributed by atoms with Gasteiger partial charge in [0.25, 0.3) is 0 Å². The molecule has 0 unspecified atom stereocenters. The Morgan fingerprint density at radius 3 is 3.12 bits per heavy atom. The SMILES string of the molecule is Cc1ccc(N2CCC[C@@H]3CNC[C@@H]32)cn1. The molecular weight excluding hydrogens is 198 g/mol. The van der Waals surface area contributed by atoms with Gasteiger partial charge >= 0.3 is 0 Å². The number of pyridine rings is 1. The Labute approximate surface area is 96.9 Å². The molecule has 2 saturated heterocycles. The summed E-state index contributed by atoms with van der Waals surface area (Å²) in [6.45, 7) is 5.56. The van der Waals surface area contributed by atoms with Gasteiger partial charge in [0.05, 0.1) is 11.9 Å². The summed E-state index contributed by atoms with van der Waals surface area (Å²) in [5, 5.41) is 3.51. The quantitative estimate of drug-likeness (QED) is 0.774. The van der Waals surface area contributed by atoms with Crippen LogP contribution < -0.4 is 10.2 Å². The van der Waals surface area contributed by atoms with Crippen molar-refractivity contribution < 1.29 is 0 Å². The average molecular weight is 217 g/mol. The Bertz CT molecular complexity index is 360. The third kappa shape index (κ3) is 1.69. The summed E-state index contributed by atoms with van der Waals surface area (Å²) in [5.41, 5.74) is 2.39. The largest absolute Gasteiger partial charge is 0.366 e. The predicted molar refractivity (Wildman–Crippen MR) is 65.7 cm³/mol. The summed E-state index contributed by atoms with van der Waals surface area (Å²) in [4.78, 5) is 6.95. The van der Waals surface area contributed by atoms with Gasteiger partial charge in [-0.2, -0.15) is 0 Å². The molecule has 3 heteroatoms. The summed E-state index contributed by atoms with van der Waals surface area (Å²) in [5.74, 6) is 0.843. The molecule has 0 amide bonds. The maximum atomic E-state index is 4.41. The van der Waals surface area contributed by atoms with Crippen molar-refractivity contribution in [2.24, 2.45) is 5.92 Å². The second-order valence-electron chi connectivity index (χ2n) is 4.98. The van der Waals surface area contributed by atoms with Gasteiger partial charge in [0.15, 0.2) is 0 Å². The Hall–Kier alpha value is -1.09. The molecule has 2 atom stereocenters. The van der Waals surface area contributed by atoms with Crippen LogP contribution in [0.1, 0.15) is 18.5 Å². The number of rotatable bonds is 1. The van der Waals surface area contributed by atoms with Crippen molar-refractivity contribution in [3.05, 3.63) is 24.0 Å². The molecule has 2 aliphatic rings. The number of nitrogens with zero attached hydrogens (tertiary/aromatic N) is 2. The lowest BCUT2D eigenvalue weighted by Gasteiger charge is -2.38. The molecular formula is C13H19N3. The highest BCUT2D eigenvalue weighted by Gasteiger charge is 2.34. The maximum absolute atomic E-state index is 4.41. The molecule has 2 fully saturated rings. The second kappa shape index (κ2) is 4.06. The van der Waals surface area contributed by atoms with Crippen LogP contribution in [-0.4, -0.2) is 30.7 Å². The first-order valence-corrected chi connectivity index (χ1v) is 6.24. The molecule has 0 spiro atoms. The van der Waals surface area contributed by atoms with E-state index in [0.717, 1.165) is 18.2 Å². The zero-order chi connectivity index (χ0) is 11.0. The highest BCUT2D eigenvalue weighted by Crippen LogP contribution is 2.30. The van der Waals surface area contributed by atoms with Crippen LogP contribution in [0.4, 0.5) is 5.69 Å². The molecule has 1 N–H and O–H groups in total. The van der Waals surface area contributed by atoms with Gasteiger partial charge in [0.2, 0.25) is 0 Å². The number of hydrogen-bond donors (Lipinski definition) is 1. The summed E-state index contributed by atoms with van der Waals surface area (Å²) in [6, 6.07) is 5.02. The number of fused-ring (bicyclic) bond motifs is 1. The molecule has 3 heterocycles. The van der Waals surface area contributed by atoms with E-state index in [1.54, 1.807) is 0 Å². The molecule has 0 aliphatic carbocycles. The standard InChI is InChI=1S/C13H19N3/c1-10-4-5-12(8-15-10)16-6-2-3-11-7-14-9-13(11)16/h4-5,8,11,13-14H,2-3,6-7,9H2,1H3/t11-,13+/m1/s1. The van der Waals surface area contributed by atoms with E-state index in [1.165, 1.54) is 31.6 Å². The zero-order valence-electron chi connectivity index (χ0n) is 9.82.